The molecule has 2 N–H and O–H groups in total. The summed E-state index contributed by atoms with van der Waals surface area (Å²) < 4.78 is 6.49. The zero-order valence-electron chi connectivity index (χ0n) is 11.3. The Morgan fingerprint density at radius 2 is 2.00 bits per heavy atom. The molecule has 5 nitrogen and oxygen atoms in total. The normalized spacial score (nSPS) is 10.4. The van der Waals surface area contributed by atoms with Crippen LogP contribution >= 0.6 is 15.9 Å². The van der Waals surface area contributed by atoms with Crippen LogP contribution in [0.2, 0.25) is 0 Å². The summed E-state index contributed by atoms with van der Waals surface area (Å²) in [4.78, 5) is 10.6. The third kappa shape index (κ3) is 4.03. The first-order valence-electron chi connectivity index (χ1n) is 6.45. The van der Waals surface area contributed by atoms with E-state index in [1.807, 2.05) is 18.2 Å². The number of hydrogen-bond donors (Lipinski definition) is 1. The second-order valence-corrected chi connectivity index (χ2v) is 5.31. The second kappa shape index (κ2) is 7.19. The lowest BCUT2D eigenvalue weighted by molar-refractivity contribution is -0.385. The molecule has 0 saturated carbocycles. The molecule has 0 aliphatic heterocycles. The smallest absolute Gasteiger partial charge is 0.272 e. The quantitative estimate of drug-likeness (QED) is 0.639. The van der Waals surface area contributed by atoms with E-state index in [-0.39, 0.29) is 10.6 Å². The Morgan fingerprint density at radius 1 is 1.24 bits per heavy atom. The molecule has 0 radical (unpaired) electrons. The van der Waals surface area contributed by atoms with Crippen LogP contribution in [0.1, 0.15) is 11.1 Å². The molecule has 0 spiro atoms. The van der Waals surface area contributed by atoms with E-state index in [0.717, 1.165) is 10.0 Å². The number of rotatable bonds is 6. The maximum Gasteiger partial charge on any atom is 0.272 e. The summed E-state index contributed by atoms with van der Waals surface area (Å²) in [5, 5.41) is 10.9. The van der Waals surface area contributed by atoms with Gasteiger partial charge in [-0.3, -0.25) is 10.1 Å². The van der Waals surface area contributed by atoms with E-state index >= 15 is 0 Å². The minimum absolute atomic E-state index is 0.124. The number of ether oxygens (including phenoxy) is 1. The summed E-state index contributed by atoms with van der Waals surface area (Å²) >= 11 is 3.42. The summed E-state index contributed by atoms with van der Waals surface area (Å²) in [6.07, 6.45) is 0.474. The van der Waals surface area contributed by atoms with Gasteiger partial charge in [0.15, 0.2) is 0 Å². The molecular weight excluding hydrogens is 336 g/mol. The van der Waals surface area contributed by atoms with Crippen molar-refractivity contribution in [3.05, 3.63) is 68.2 Å². The Balaban J connectivity index is 2.00. The molecular formula is C15H15BrN2O3. The van der Waals surface area contributed by atoms with Gasteiger partial charge in [-0.1, -0.05) is 24.3 Å². The van der Waals surface area contributed by atoms with Crippen LogP contribution in [0.4, 0.5) is 5.69 Å². The Kier molecular flexibility index (Phi) is 5.30. The van der Waals surface area contributed by atoms with E-state index in [1.54, 1.807) is 18.2 Å². The van der Waals surface area contributed by atoms with E-state index in [0.29, 0.717) is 30.9 Å². The fraction of sp³-hybridized carbons (Fsp3) is 0.200. The minimum atomic E-state index is -0.374. The Hall–Kier alpha value is -1.92. The number of nitrogens with zero attached hydrogens (tertiary/aromatic N) is 1. The Bertz CT molecular complexity index is 647. The summed E-state index contributed by atoms with van der Waals surface area (Å²) in [5.41, 5.74) is 7.36. The molecule has 0 bridgehead atoms. The second-order valence-electron chi connectivity index (χ2n) is 4.45. The van der Waals surface area contributed by atoms with Crippen LogP contribution in [0.15, 0.2) is 46.9 Å². The van der Waals surface area contributed by atoms with Crippen molar-refractivity contribution >= 4 is 21.6 Å². The van der Waals surface area contributed by atoms with Crippen LogP contribution in [0.3, 0.4) is 0 Å². The molecule has 0 aliphatic rings. The summed E-state index contributed by atoms with van der Waals surface area (Å²) in [6.45, 7) is 0.834. The molecule has 0 saturated heterocycles. The molecule has 6 heteroatoms. The van der Waals surface area contributed by atoms with Crippen molar-refractivity contribution in [1.82, 2.24) is 0 Å². The first-order chi connectivity index (χ1) is 10.1. The van der Waals surface area contributed by atoms with Crippen LogP contribution in [-0.2, 0) is 13.0 Å². The highest BCUT2D eigenvalue weighted by Crippen LogP contribution is 2.26. The number of para-hydroxylation sites is 1. The van der Waals surface area contributed by atoms with Crippen LogP contribution in [0, 0.1) is 10.1 Å². The fourth-order valence-electron chi connectivity index (χ4n) is 1.96. The predicted octanol–water partition coefficient (Wildman–Crippen LogP) is 3.44. The van der Waals surface area contributed by atoms with Gasteiger partial charge in [-0.2, -0.15) is 0 Å². The fourth-order valence-corrected chi connectivity index (χ4v) is 2.50. The van der Waals surface area contributed by atoms with Crippen LogP contribution in [0.25, 0.3) is 0 Å². The molecule has 110 valence electrons. The SMILES string of the molecule is NCc1ccc(OCCc2ccccc2[N+](=O)[O-])c(Br)c1. The highest BCUT2D eigenvalue weighted by atomic mass is 79.9. The average molecular weight is 351 g/mol. The molecule has 0 aromatic heterocycles. The van der Waals surface area contributed by atoms with Crippen molar-refractivity contribution < 1.29 is 9.66 Å². The highest BCUT2D eigenvalue weighted by Gasteiger charge is 2.12. The molecule has 0 fully saturated rings. The topological polar surface area (TPSA) is 78.4 Å². The molecule has 0 aliphatic carbocycles. The van der Waals surface area contributed by atoms with Crippen LogP contribution in [0.5, 0.6) is 5.75 Å². The van der Waals surface area contributed by atoms with E-state index in [2.05, 4.69) is 15.9 Å². The standard InChI is InChI=1S/C15H15BrN2O3/c16-13-9-11(10-17)5-6-15(13)21-8-7-12-3-1-2-4-14(12)18(19)20/h1-6,9H,7-8,10,17H2. The summed E-state index contributed by atoms with van der Waals surface area (Å²) in [7, 11) is 0. The third-order valence-corrected chi connectivity index (χ3v) is 3.67. The lowest BCUT2D eigenvalue weighted by Crippen LogP contribution is -2.04. The predicted molar refractivity (Wildman–Crippen MR) is 84.3 cm³/mol. The minimum Gasteiger partial charge on any atom is -0.492 e. The van der Waals surface area contributed by atoms with Gasteiger partial charge in [-0.25, -0.2) is 0 Å². The van der Waals surface area contributed by atoms with Crippen molar-refractivity contribution in [3.63, 3.8) is 0 Å². The zero-order chi connectivity index (χ0) is 15.2. The number of hydrogen-bond acceptors (Lipinski definition) is 4. The van der Waals surface area contributed by atoms with Gasteiger partial charge in [0.1, 0.15) is 5.75 Å². The monoisotopic (exact) mass is 350 g/mol. The maximum atomic E-state index is 10.9. The largest absolute Gasteiger partial charge is 0.492 e. The van der Waals surface area contributed by atoms with E-state index in [9.17, 15) is 10.1 Å². The van der Waals surface area contributed by atoms with Crippen molar-refractivity contribution in [1.29, 1.82) is 0 Å². The van der Waals surface area contributed by atoms with Gasteiger partial charge in [-0.05, 0) is 33.6 Å². The molecule has 2 rings (SSSR count). The molecule has 0 amide bonds. The van der Waals surface area contributed by atoms with E-state index in [1.165, 1.54) is 6.07 Å². The van der Waals surface area contributed by atoms with Gasteiger partial charge in [0.05, 0.1) is 16.0 Å². The molecule has 21 heavy (non-hydrogen) atoms. The number of nitro benzene ring substituents is 1. The molecule has 0 heterocycles. The Morgan fingerprint density at radius 3 is 2.67 bits per heavy atom. The Labute approximate surface area is 131 Å². The summed E-state index contributed by atoms with van der Waals surface area (Å²) in [5.74, 6) is 0.700. The van der Waals surface area contributed by atoms with Crippen molar-refractivity contribution in [3.8, 4) is 5.75 Å². The number of benzene rings is 2. The highest BCUT2D eigenvalue weighted by molar-refractivity contribution is 9.10. The molecule has 2 aromatic carbocycles. The van der Waals surface area contributed by atoms with Gasteiger partial charge in [-0.15, -0.1) is 0 Å². The van der Waals surface area contributed by atoms with E-state index in [4.69, 9.17) is 10.5 Å². The lowest BCUT2D eigenvalue weighted by atomic mass is 10.1. The first kappa shape index (κ1) is 15.5. The molecule has 0 atom stereocenters. The number of nitro groups is 1. The number of halogens is 1. The molecule has 2 aromatic rings. The summed E-state index contributed by atoms with van der Waals surface area (Å²) in [6, 6.07) is 12.3. The van der Waals surface area contributed by atoms with Crippen molar-refractivity contribution in [2.45, 2.75) is 13.0 Å². The van der Waals surface area contributed by atoms with Crippen molar-refractivity contribution in [2.75, 3.05) is 6.61 Å². The molecule has 0 unspecified atom stereocenters. The maximum absolute atomic E-state index is 10.9. The van der Waals surface area contributed by atoms with Gasteiger partial charge in [0, 0.05) is 24.6 Å². The third-order valence-electron chi connectivity index (χ3n) is 3.05. The number of nitrogens with two attached hydrogens (primary N) is 1. The van der Waals surface area contributed by atoms with E-state index < -0.39 is 0 Å². The van der Waals surface area contributed by atoms with Gasteiger partial charge in [0.25, 0.3) is 5.69 Å². The van der Waals surface area contributed by atoms with Crippen LogP contribution < -0.4 is 10.5 Å². The van der Waals surface area contributed by atoms with Gasteiger partial charge in [0.2, 0.25) is 0 Å². The van der Waals surface area contributed by atoms with Gasteiger partial charge < -0.3 is 10.5 Å². The average Bonchev–Trinajstić information content (AvgIpc) is 2.49. The lowest BCUT2D eigenvalue weighted by Gasteiger charge is -2.09. The van der Waals surface area contributed by atoms with Crippen molar-refractivity contribution in [2.24, 2.45) is 5.73 Å². The van der Waals surface area contributed by atoms with Gasteiger partial charge >= 0.3 is 0 Å². The zero-order valence-corrected chi connectivity index (χ0v) is 12.9. The van der Waals surface area contributed by atoms with Crippen LogP contribution in [-0.4, -0.2) is 11.5 Å². The first-order valence-corrected chi connectivity index (χ1v) is 7.24.